The number of nitrogens with one attached hydrogen (secondary N) is 2. The molecular formula is C19H13FN6O2. The standard InChI is InChI=1S/C19H13FN6O2/c1-3-27-19-16-17(22-10-23-18(16)25-26-19)24-12-5-7-15(14(20)8-12)28-13-6-4-11(2)21-9-13/h1,4-10H,2H3,(H2,22,23,24,25,26). The smallest absolute Gasteiger partial charge is 0.262 e. The molecule has 0 atom stereocenters. The summed E-state index contributed by atoms with van der Waals surface area (Å²) in [6.07, 6.45) is 10.1. The summed E-state index contributed by atoms with van der Waals surface area (Å²) in [5.74, 6) is 0.469. The van der Waals surface area contributed by atoms with Gasteiger partial charge in [-0.1, -0.05) is 6.42 Å². The number of pyridine rings is 1. The molecule has 8 nitrogen and oxygen atoms in total. The second-order valence-electron chi connectivity index (χ2n) is 5.70. The third-order valence-electron chi connectivity index (χ3n) is 3.79. The van der Waals surface area contributed by atoms with Crippen LogP contribution in [0.5, 0.6) is 17.4 Å². The van der Waals surface area contributed by atoms with Crippen molar-refractivity contribution in [3.05, 3.63) is 54.4 Å². The number of benzene rings is 1. The fraction of sp³-hybridized carbons (Fsp3) is 0.0526. The Morgan fingerprint density at radius 3 is 2.82 bits per heavy atom. The summed E-state index contributed by atoms with van der Waals surface area (Å²) in [4.78, 5) is 12.3. The summed E-state index contributed by atoms with van der Waals surface area (Å²) in [5, 5.41) is 10.1. The van der Waals surface area contributed by atoms with Crippen LogP contribution in [-0.4, -0.2) is 25.1 Å². The lowest BCUT2D eigenvalue weighted by Crippen LogP contribution is -1.97. The summed E-state index contributed by atoms with van der Waals surface area (Å²) in [7, 11) is 0. The highest BCUT2D eigenvalue weighted by molar-refractivity contribution is 5.92. The Balaban J connectivity index is 1.60. The Morgan fingerprint density at radius 2 is 2.07 bits per heavy atom. The highest BCUT2D eigenvalue weighted by atomic mass is 19.1. The number of aromatic amines is 1. The van der Waals surface area contributed by atoms with Gasteiger partial charge in [0.1, 0.15) is 29.4 Å². The Kier molecular flexibility index (Phi) is 4.43. The van der Waals surface area contributed by atoms with E-state index in [4.69, 9.17) is 15.9 Å². The number of hydrogen-bond acceptors (Lipinski definition) is 7. The van der Waals surface area contributed by atoms with Crippen molar-refractivity contribution in [1.29, 1.82) is 0 Å². The minimum Gasteiger partial charge on any atom is -0.453 e. The van der Waals surface area contributed by atoms with Gasteiger partial charge in [0, 0.05) is 17.4 Å². The average Bonchev–Trinajstić information content (AvgIpc) is 3.10. The van der Waals surface area contributed by atoms with Gasteiger partial charge in [0.25, 0.3) is 5.88 Å². The monoisotopic (exact) mass is 376 g/mol. The van der Waals surface area contributed by atoms with Gasteiger partial charge in [-0.2, -0.15) is 0 Å². The number of aryl methyl sites for hydroxylation is 1. The molecule has 2 N–H and O–H groups in total. The minimum absolute atomic E-state index is 0.0729. The molecule has 0 saturated heterocycles. The normalized spacial score (nSPS) is 10.5. The maximum absolute atomic E-state index is 14.5. The molecule has 0 fully saturated rings. The summed E-state index contributed by atoms with van der Waals surface area (Å²) in [6.45, 7) is 1.86. The van der Waals surface area contributed by atoms with Gasteiger partial charge in [0.05, 0.1) is 6.20 Å². The first kappa shape index (κ1) is 17.2. The van der Waals surface area contributed by atoms with Crippen LogP contribution in [0.3, 0.4) is 0 Å². The predicted molar refractivity (Wildman–Crippen MR) is 99.9 cm³/mol. The van der Waals surface area contributed by atoms with Crippen LogP contribution in [0.1, 0.15) is 5.69 Å². The van der Waals surface area contributed by atoms with Gasteiger partial charge >= 0.3 is 0 Å². The molecule has 0 saturated carbocycles. The van der Waals surface area contributed by atoms with Gasteiger partial charge in [0.2, 0.25) is 0 Å². The van der Waals surface area contributed by atoms with Crippen LogP contribution >= 0.6 is 0 Å². The van der Waals surface area contributed by atoms with E-state index in [0.29, 0.717) is 28.3 Å². The molecule has 0 aliphatic carbocycles. The molecule has 3 heterocycles. The lowest BCUT2D eigenvalue weighted by atomic mass is 10.2. The van der Waals surface area contributed by atoms with Gasteiger partial charge in [-0.15, -0.1) is 5.10 Å². The summed E-state index contributed by atoms with van der Waals surface area (Å²) in [6, 6.07) is 7.94. The molecular weight excluding hydrogens is 363 g/mol. The van der Waals surface area contributed by atoms with Crippen molar-refractivity contribution in [3.63, 3.8) is 0 Å². The van der Waals surface area contributed by atoms with Gasteiger partial charge in [-0.05, 0) is 31.2 Å². The van der Waals surface area contributed by atoms with E-state index < -0.39 is 5.82 Å². The van der Waals surface area contributed by atoms with Crippen molar-refractivity contribution in [2.24, 2.45) is 0 Å². The van der Waals surface area contributed by atoms with Crippen LogP contribution in [0.2, 0.25) is 0 Å². The molecule has 0 spiro atoms. The van der Waals surface area contributed by atoms with Crippen LogP contribution in [0.25, 0.3) is 11.0 Å². The van der Waals surface area contributed by atoms with Crippen molar-refractivity contribution in [3.8, 4) is 29.9 Å². The van der Waals surface area contributed by atoms with Gasteiger partial charge < -0.3 is 14.8 Å². The highest BCUT2D eigenvalue weighted by Crippen LogP contribution is 2.31. The first-order chi connectivity index (χ1) is 13.6. The topological polar surface area (TPSA) is 97.8 Å². The second kappa shape index (κ2) is 7.20. The lowest BCUT2D eigenvalue weighted by Gasteiger charge is -2.10. The Bertz CT molecular complexity index is 1180. The number of anilines is 2. The number of ether oxygens (including phenoxy) is 2. The zero-order chi connectivity index (χ0) is 19.5. The molecule has 4 aromatic rings. The highest BCUT2D eigenvalue weighted by Gasteiger charge is 2.15. The summed E-state index contributed by atoms with van der Waals surface area (Å²) < 4.78 is 25.0. The van der Waals surface area contributed by atoms with Crippen LogP contribution in [-0.2, 0) is 0 Å². The lowest BCUT2D eigenvalue weighted by molar-refractivity contribution is 0.440. The van der Waals surface area contributed by atoms with Crippen molar-refractivity contribution < 1.29 is 13.9 Å². The molecule has 0 unspecified atom stereocenters. The fourth-order valence-corrected chi connectivity index (χ4v) is 2.50. The third kappa shape index (κ3) is 3.39. The van der Waals surface area contributed by atoms with Gasteiger partial charge in [-0.25, -0.2) is 14.4 Å². The Morgan fingerprint density at radius 1 is 1.18 bits per heavy atom. The number of halogens is 1. The number of nitrogens with zero attached hydrogens (tertiary/aromatic N) is 4. The Labute approximate surface area is 158 Å². The zero-order valence-electron chi connectivity index (χ0n) is 14.6. The quantitative estimate of drug-likeness (QED) is 0.513. The molecule has 0 aliphatic heterocycles. The molecule has 0 bridgehead atoms. The number of terminal acetylenes is 1. The van der Waals surface area contributed by atoms with E-state index in [-0.39, 0.29) is 11.6 Å². The molecule has 0 radical (unpaired) electrons. The first-order valence-corrected chi connectivity index (χ1v) is 8.12. The molecule has 28 heavy (non-hydrogen) atoms. The van der Waals surface area contributed by atoms with Crippen LogP contribution in [0.4, 0.5) is 15.9 Å². The van der Waals surface area contributed by atoms with E-state index in [1.54, 1.807) is 18.2 Å². The number of aromatic nitrogens is 5. The molecule has 3 aromatic heterocycles. The number of rotatable bonds is 5. The number of fused-ring (bicyclic) bond motifs is 1. The summed E-state index contributed by atoms with van der Waals surface area (Å²) >= 11 is 0. The van der Waals surface area contributed by atoms with Crippen LogP contribution in [0.15, 0.2) is 42.9 Å². The maximum atomic E-state index is 14.5. The van der Waals surface area contributed by atoms with Crippen molar-refractivity contribution in [1.82, 2.24) is 25.1 Å². The molecule has 0 aliphatic rings. The van der Waals surface area contributed by atoms with E-state index in [1.165, 1.54) is 24.7 Å². The molecule has 138 valence electrons. The van der Waals surface area contributed by atoms with Crippen molar-refractivity contribution in [2.75, 3.05) is 5.32 Å². The van der Waals surface area contributed by atoms with E-state index >= 15 is 0 Å². The predicted octanol–water partition coefficient (Wildman–Crippen LogP) is 3.70. The van der Waals surface area contributed by atoms with Crippen LogP contribution in [0, 0.1) is 25.3 Å². The molecule has 9 heteroatoms. The van der Waals surface area contributed by atoms with Gasteiger partial charge in [-0.3, -0.25) is 10.1 Å². The maximum Gasteiger partial charge on any atom is 0.262 e. The van der Waals surface area contributed by atoms with E-state index in [2.05, 4.69) is 30.5 Å². The zero-order valence-corrected chi connectivity index (χ0v) is 14.6. The van der Waals surface area contributed by atoms with E-state index in [0.717, 1.165) is 5.69 Å². The number of H-pyrrole nitrogens is 1. The van der Waals surface area contributed by atoms with Gasteiger partial charge in [0.15, 0.2) is 17.2 Å². The van der Waals surface area contributed by atoms with Crippen molar-refractivity contribution >= 4 is 22.5 Å². The first-order valence-electron chi connectivity index (χ1n) is 8.12. The van der Waals surface area contributed by atoms with E-state index in [9.17, 15) is 4.39 Å². The third-order valence-corrected chi connectivity index (χ3v) is 3.79. The number of hydrogen-bond donors (Lipinski definition) is 2. The largest absolute Gasteiger partial charge is 0.453 e. The molecule has 4 rings (SSSR count). The van der Waals surface area contributed by atoms with E-state index in [1.807, 2.05) is 13.0 Å². The fourth-order valence-electron chi connectivity index (χ4n) is 2.50. The second-order valence-corrected chi connectivity index (χ2v) is 5.70. The van der Waals surface area contributed by atoms with Crippen molar-refractivity contribution in [2.45, 2.75) is 6.92 Å². The molecule has 0 amide bonds. The SMILES string of the molecule is C#COc1n[nH]c2ncnc(Nc3ccc(Oc4ccc(C)nc4)c(F)c3)c12. The summed E-state index contributed by atoms with van der Waals surface area (Å²) in [5.41, 5.74) is 1.71. The van der Waals surface area contributed by atoms with Crippen LogP contribution < -0.4 is 14.8 Å². The Hall–Kier alpha value is -4.19. The minimum atomic E-state index is -0.553. The molecule has 1 aromatic carbocycles. The average molecular weight is 376 g/mol.